The van der Waals surface area contributed by atoms with E-state index in [9.17, 15) is 4.79 Å². The Morgan fingerprint density at radius 3 is 2.78 bits per heavy atom. The number of halogens is 2. The minimum Gasteiger partial charge on any atom is -0.382 e. The van der Waals surface area contributed by atoms with Gasteiger partial charge in [0.15, 0.2) is 0 Å². The summed E-state index contributed by atoms with van der Waals surface area (Å²) in [5.41, 5.74) is 0.540. The van der Waals surface area contributed by atoms with Crippen LogP contribution in [0.3, 0.4) is 0 Å². The van der Waals surface area contributed by atoms with E-state index in [1.165, 1.54) is 0 Å². The smallest absolute Gasteiger partial charge is 0.251 e. The van der Waals surface area contributed by atoms with E-state index >= 15 is 0 Å². The molecular weight excluding hydrogens is 321 g/mol. The number of carbonyl (C=O) groups is 1. The van der Waals surface area contributed by atoms with Crippen LogP contribution in [0.4, 0.5) is 0 Å². The zero-order valence-electron chi connectivity index (χ0n) is 10.2. The lowest BCUT2D eigenvalue weighted by Crippen LogP contribution is -2.35. The SMILES string of the molecule is COCC(CNC(=O)c1ccc(Cl)c(Br)c1)OC. The normalized spacial score (nSPS) is 12.2. The number of benzene rings is 1. The van der Waals surface area contributed by atoms with Crippen LogP contribution in [-0.4, -0.2) is 39.4 Å². The van der Waals surface area contributed by atoms with Gasteiger partial charge in [-0.15, -0.1) is 0 Å². The standard InChI is InChI=1S/C12H15BrClNO3/c1-17-7-9(18-2)6-15-12(16)8-3-4-11(14)10(13)5-8/h3-5,9H,6-7H2,1-2H3,(H,15,16). The highest BCUT2D eigenvalue weighted by atomic mass is 79.9. The van der Waals surface area contributed by atoms with E-state index in [-0.39, 0.29) is 12.0 Å². The van der Waals surface area contributed by atoms with Gasteiger partial charge in [0.1, 0.15) is 0 Å². The minimum absolute atomic E-state index is 0.158. The fraction of sp³-hybridized carbons (Fsp3) is 0.417. The molecule has 0 radical (unpaired) electrons. The lowest BCUT2D eigenvalue weighted by Gasteiger charge is -2.15. The molecule has 1 rings (SSSR count). The molecule has 18 heavy (non-hydrogen) atoms. The maximum absolute atomic E-state index is 11.9. The number of amides is 1. The third-order valence-electron chi connectivity index (χ3n) is 2.36. The third kappa shape index (κ3) is 4.57. The van der Waals surface area contributed by atoms with Crippen molar-refractivity contribution in [1.82, 2.24) is 5.32 Å². The van der Waals surface area contributed by atoms with Crippen LogP contribution in [0.25, 0.3) is 0 Å². The van der Waals surface area contributed by atoms with Gasteiger partial charge in [-0.2, -0.15) is 0 Å². The Morgan fingerprint density at radius 1 is 1.50 bits per heavy atom. The summed E-state index contributed by atoms with van der Waals surface area (Å²) in [5.74, 6) is -0.175. The number of nitrogens with one attached hydrogen (secondary N) is 1. The van der Waals surface area contributed by atoms with Gasteiger partial charge >= 0.3 is 0 Å². The van der Waals surface area contributed by atoms with Crippen molar-refractivity contribution in [2.45, 2.75) is 6.10 Å². The second-order valence-corrected chi connectivity index (χ2v) is 4.91. The van der Waals surface area contributed by atoms with Gasteiger partial charge in [-0.05, 0) is 34.1 Å². The van der Waals surface area contributed by atoms with Crippen LogP contribution in [0.5, 0.6) is 0 Å². The van der Waals surface area contributed by atoms with E-state index in [4.69, 9.17) is 21.1 Å². The van der Waals surface area contributed by atoms with Crippen molar-refractivity contribution in [3.63, 3.8) is 0 Å². The molecule has 0 fully saturated rings. The Bertz CT molecular complexity index is 414. The predicted octanol–water partition coefficient (Wildman–Crippen LogP) is 2.49. The number of hydrogen-bond acceptors (Lipinski definition) is 3. The van der Waals surface area contributed by atoms with Gasteiger partial charge in [0, 0.05) is 30.8 Å². The van der Waals surface area contributed by atoms with Crippen LogP contribution in [0.1, 0.15) is 10.4 Å². The maximum atomic E-state index is 11.9. The molecule has 0 saturated heterocycles. The van der Waals surface area contributed by atoms with Gasteiger partial charge in [0.05, 0.1) is 17.7 Å². The molecule has 0 aliphatic rings. The molecule has 0 bridgehead atoms. The van der Waals surface area contributed by atoms with Gasteiger partial charge in [-0.1, -0.05) is 11.6 Å². The van der Waals surface area contributed by atoms with Crippen molar-refractivity contribution in [1.29, 1.82) is 0 Å². The lowest BCUT2D eigenvalue weighted by molar-refractivity contribution is 0.0285. The van der Waals surface area contributed by atoms with E-state index in [0.29, 0.717) is 28.2 Å². The first kappa shape index (κ1) is 15.4. The van der Waals surface area contributed by atoms with Gasteiger partial charge in [0.2, 0.25) is 0 Å². The second kappa shape index (κ2) is 7.74. The van der Waals surface area contributed by atoms with E-state index in [0.717, 1.165) is 0 Å². The molecule has 100 valence electrons. The molecule has 0 aliphatic carbocycles. The van der Waals surface area contributed by atoms with Crippen LogP contribution >= 0.6 is 27.5 Å². The van der Waals surface area contributed by atoms with Crippen molar-refractivity contribution in [2.24, 2.45) is 0 Å². The van der Waals surface area contributed by atoms with Crippen molar-refractivity contribution < 1.29 is 14.3 Å². The van der Waals surface area contributed by atoms with Crippen LogP contribution in [0.2, 0.25) is 5.02 Å². The van der Waals surface area contributed by atoms with Gasteiger partial charge < -0.3 is 14.8 Å². The minimum atomic E-state index is -0.175. The van der Waals surface area contributed by atoms with Crippen LogP contribution in [0.15, 0.2) is 22.7 Å². The summed E-state index contributed by atoms with van der Waals surface area (Å²) >= 11 is 9.14. The number of carbonyl (C=O) groups excluding carboxylic acids is 1. The summed E-state index contributed by atoms with van der Waals surface area (Å²) in [6.45, 7) is 0.824. The summed E-state index contributed by atoms with van der Waals surface area (Å²) in [6, 6.07) is 5.01. The maximum Gasteiger partial charge on any atom is 0.251 e. The zero-order chi connectivity index (χ0) is 13.5. The average Bonchev–Trinajstić information content (AvgIpc) is 2.37. The highest BCUT2D eigenvalue weighted by Gasteiger charge is 2.11. The van der Waals surface area contributed by atoms with Crippen LogP contribution in [-0.2, 0) is 9.47 Å². The summed E-state index contributed by atoms with van der Waals surface area (Å²) in [6.07, 6.45) is -0.158. The summed E-state index contributed by atoms with van der Waals surface area (Å²) in [5, 5.41) is 3.34. The summed E-state index contributed by atoms with van der Waals surface area (Å²) < 4.78 is 10.8. The molecule has 0 aliphatic heterocycles. The van der Waals surface area contributed by atoms with Crippen molar-refractivity contribution in [2.75, 3.05) is 27.4 Å². The average molecular weight is 337 g/mol. The quantitative estimate of drug-likeness (QED) is 0.868. The Morgan fingerprint density at radius 2 is 2.22 bits per heavy atom. The Balaban J connectivity index is 2.57. The Hall–Kier alpha value is -0.620. The third-order valence-corrected chi connectivity index (χ3v) is 3.57. The molecule has 0 spiro atoms. The van der Waals surface area contributed by atoms with E-state index in [2.05, 4.69) is 21.2 Å². The fourth-order valence-electron chi connectivity index (χ4n) is 1.34. The fourth-order valence-corrected chi connectivity index (χ4v) is 1.84. The summed E-state index contributed by atoms with van der Waals surface area (Å²) in [7, 11) is 3.17. The number of methoxy groups -OCH3 is 2. The van der Waals surface area contributed by atoms with Crippen molar-refractivity contribution in [3.05, 3.63) is 33.3 Å². The first-order valence-corrected chi connectivity index (χ1v) is 6.50. The van der Waals surface area contributed by atoms with E-state index < -0.39 is 0 Å². The molecule has 1 aromatic rings. The van der Waals surface area contributed by atoms with Crippen molar-refractivity contribution in [3.8, 4) is 0 Å². The Labute approximate surface area is 120 Å². The molecule has 0 saturated carbocycles. The highest BCUT2D eigenvalue weighted by molar-refractivity contribution is 9.10. The first-order chi connectivity index (χ1) is 8.58. The molecule has 1 unspecified atom stereocenters. The lowest BCUT2D eigenvalue weighted by atomic mass is 10.2. The number of hydrogen-bond donors (Lipinski definition) is 1. The Kier molecular flexibility index (Phi) is 6.63. The molecular formula is C12H15BrClNO3. The van der Waals surface area contributed by atoms with E-state index in [1.807, 2.05) is 0 Å². The van der Waals surface area contributed by atoms with Gasteiger partial charge in [-0.3, -0.25) is 4.79 Å². The monoisotopic (exact) mass is 335 g/mol. The first-order valence-electron chi connectivity index (χ1n) is 5.33. The van der Waals surface area contributed by atoms with Gasteiger partial charge in [0.25, 0.3) is 5.91 Å². The zero-order valence-corrected chi connectivity index (χ0v) is 12.5. The molecule has 1 N–H and O–H groups in total. The topological polar surface area (TPSA) is 47.6 Å². The molecule has 0 heterocycles. The molecule has 1 amide bonds. The summed E-state index contributed by atoms with van der Waals surface area (Å²) in [4.78, 5) is 11.9. The van der Waals surface area contributed by atoms with E-state index in [1.54, 1.807) is 32.4 Å². The van der Waals surface area contributed by atoms with Crippen LogP contribution in [0, 0.1) is 0 Å². The predicted molar refractivity (Wildman–Crippen MR) is 74.2 cm³/mol. The largest absolute Gasteiger partial charge is 0.382 e. The second-order valence-electron chi connectivity index (χ2n) is 3.65. The van der Waals surface area contributed by atoms with Crippen LogP contribution < -0.4 is 5.32 Å². The van der Waals surface area contributed by atoms with Crippen molar-refractivity contribution >= 4 is 33.4 Å². The number of rotatable bonds is 6. The molecule has 6 heteroatoms. The number of ether oxygens (including phenoxy) is 2. The molecule has 1 aromatic carbocycles. The molecule has 0 aromatic heterocycles. The van der Waals surface area contributed by atoms with Gasteiger partial charge in [-0.25, -0.2) is 0 Å². The highest BCUT2D eigenvalue weighted by Crippen LogP contribution is 2.23. The molecule has 4 nitrogen and oxygen atoms in total. The molecule has 1 atom stereocenters.